The van der Waals surface area contributed by atoms with Gasteiger partial charge < -0.3 is 5.73 Å². The number of nitrogens with two attached hydrogens (primary N) is 1. The zero-order valence-corrected chi connectivity index (χ0v) is 9.15. The molecule has 2 heteroatoms. The number of hydrogen-bond acceptors (Lipinski definition) is 1. The van der Waals surface area contributed by atoms with Crippen molar-refractivity contribution in [3.05, 3.63) is 34.4 Å². The van der Waals surface area contributed by atoms with E-state index in [2.05, 4.69) is 32.9 Å². The quantitative estimate of drug-likeness (QED) is 0.725. The SMILES string of the molecule is Cc1cc(C)c(C(N)CCl)cc1C. The first-order chi connectivity index (χ1) is 6.06. The fourth-order valence-corrected chi connectivity index (χ4v) is 1.63. The second-order valence-electron chi connectivity index (χ2n) is 3.55. The van der Waals surface area contributed by atoms with E-state index in [-0.39, 0.29) is 6.04 Å². The Hall–Kier alpha value is -0.530. The van der Waals surface area contributed by atoms with Gasteiger partial charge in [-0.05, 0) is 43.0 Å². The molecule has 0 radical (unpaired) electrons. The van der Waals surface area contributed by atoms with E-state index < -0.39 is 0 Å². The van der Waals surface area contributed by atoms with Crippen LogP contribution in [0.15, 0.2) is 12.1 Å². The standard InChI is InChI=1S/C11H16ClN/c1-7-4-9(3)10(5-8(7)2)11(13)6-12/h4-5,11H,6,13H2,1-3H3. The van der Waals surface area contributed by atoms with Crippen LogP contribution in [0.4, 0.5) is 0 Å². The molecule has 72 valence electrons. The molecule has 0 aliphatic rings. The van der Waals surface area contributed by atoms with E-state index in [0.717, 1.165) is 5.56 Å². The maximum Gasteiger partial charge on any atom is 0.0435 e. The number of halogens is 1. The lowest BCUT2D eigenvalue weighted by Gasteiger charge is -2.14. The lowest BCUT2D eigenvalue weighted by atomic mass is 9.97. The molecule has 2 N–H and O–H groups in total. The lowest BCUT2D eigenvalue weighted by Crippen LogP contribution is -2.13. The first-order valence-electron chi connectivity index (χ1n) is 4.45. The third-order valence-electron chi connectivity index (χ3n) is 2.45. The number of aryl methyl sites for hydroxylation is 3. The number of alkyl halides is 1. The Morgan fingerprint density at radius 2 is 1.69 bits per heavy atom. The molecule has 0 amide bonds. The monoisotopic (exact) mass is 197 g/mol. The molecule has 1 nitrogen and oxygen atoms in total. The average molecular weight is 198 g/mol. The molecule has 0 saturated heterocycles. The normalized spacial score (nSPS) is 13.0. The summed E-state index contributed by atoms with van der Waals surface area (Å²) in [6.07, 6.45) is 0. The van der Waals surface area contributed by atoms with Crippen LogP contribution < -0.4 is 5.73 Å². The third-order valence-corrected chi connectivity index (χ3v) is 2.78. The van der Waals surface area contributed by atoms with Crippen LogP contribution in [0.3, 0.4) is 0 Å². The lowest BCUT2D eigenvalue weighted by molar-refractivity contribution is 0.815. The third kappa shape index (κ3) is 2.23. The van der Waals surface area contributed by atoms with E-state index in [1.54, 1.807) is 0 Å². The Labute approximate surface area is 84.9 Å². The van der Waals surface area contributed by atoms with E-state index in [1.165, 1.54) is 16.7 Å². The van der Waals surface area contributed by atoms with Gasteiger partial charge in [0, 0.05) is 11.9 Å². The average Bonchev–Trinajstić information content (AvgIpc) is 2.10. The molecular formula is C11H16ClN. The summed E-state index contributed by atoms with van der Waals surface area (Å²) >= 11 is 5.73. The Morgan fingerprint density at radius 3 is 2.23 bits per heavy atom. The van der Waals surface area contributed by atoms with E-state index in [9.17, 15) is 0 Å². The maximum absolute atomic E-state index is 5.88. The van der Waals surface area contributed by atoms with Crippen LogP contribution in [0.2, 0.25) is 0 Å². The number of benzene rings is 1. The fraction of sp³-hybridized carbons (Fsp3) is 0.455. The van der Waals surface area contributed by atoms with Gasteiger partial charge in [-0.2, -0.15) is 0 Å². The van der Waals surface area contributed by atoms with E-state index >= 15 is 0 Å². The van der Waals surface area contributed by atoms with Crippen molar-refractivity contribution in [3.63, 3.8) is 0 Å². The summed E-state index contributed by atoms with van der Waals surface area (Å²) in [5, 5.41) is 0. The van der Waals surface area contributed by atoms with E-state index in [1.807, 2.05) is 0 Å². The summed E-state index contributed by atoms with van der Waals surface area (Å²) in [6, 6.07) is 4.26. The number of hydrogen-bond donors (Lipinski definition) is 1. The predicted octanol–water partition coefficient (Wildman–Crippen LogP) is 2.85. The van der Waals surface area contributed by atoms with Crippen molar-refractivity contribution in [3.8, 4) is 0 Å². The zero-order chi connectivity index (χ0) is 10.0. The Kier molecular flexibility index (Phi) is 3.34. The Bertz CT molecular complexity index is 307. The van der Waals surface area contributed by atoms with Crippen molar-refractivity contribution >= 4 is 11.6 Å². The summed E-state index contributed by atoms with van der Waals surface area (Å²) in [5.41, 5.74) is 10.9. The second-order valence-corrected chi connectivity index (χ2v) is 3.86. The number of rotatable bonds is 2. The minimum absolute atomic E-state index is 0.0408. The highest BCUT2D eigenvalue weighted by molar-refractivity contribution is 6.18. The summed E-state index contributed by atoms with van der Waals surface area (Å²) in [4.78, 5) is 0. The fourth-order valence-electron chi connectivity index (χ4n) is 1.47. The molecule has 13 heavy (non-hydrogen) atoms. The van der Waals surface area contributed by atoms with Gasteiger partial charge in [0.25, 0.3) is 0 Å². The van der Waals surface area contributed by atoms with Crippen molar-refractivity contribution in [1.29, 1.82) is 0 Å². The molecular weight excluding hydrogens is 182 g/mol. The van der Waals surface area contributed by atoms with Crippen LogP contribution in [-0.4, -0.2) is 5.88 Å². The highest BCUT2D eigenvalue weighted by atomic mass is 35.5. The highest BCUT2D eigenvalue weighted by Crippen LogP contribution is 2.20. The molecule has 0 aliphatic heterocycles. The van der Waals surface area contributed by atoms with Crippen molar-refractivity contribution in [2.75, 3.05) is 5.88 Å². The van der Waals surface area contributed by atoms with Gasteiger partial charge in [0.1, 0.15) is 0 Å². The predicted molar refractivity (Wildman–Crippen MR) is 58.3 cm³/mol. The van der Waals surface area contributed by atoms with Gasteiger partial charge in [-0.1, -0.05) is 12.1 Å². The molecule has 1 aromatic carbocycles. The van der Waals surface area contributed by atoms with Crippen LogP contribution in [0, 0.1) is 20.8 Å². The molecule has 1 unspecified atom stereocenters. The van der Waals surface area contributed by atoms with E-state index in [4.69, 9.17) is 17.3 Å². The largest absolute Gasteiger partial charge is 0.323 e. The minimum atomic E-state index is -0.0408. The van der Waals surface area contributed by atoms with Gasteiger partial charge >= 0.3 is 0 Å². The molecule has 1 aromatic rings. The molecule has 0 aromatic heterocycles. The van der Waals surface area contributed by atoms with E-state index in [0.29, 0.717) is 5.88 Å². The van der Waals surface area contributed by atoms with Gasteiger partial charge in [0.2, 0.25) is 0 Å². The van der Waals surface area contributed by atoms with Gasteiger partial charge in [-0.3, -0.25) is 0 Å². The molecule has 0 saturated carbocycles. The molecule has 0 aliphatic carbocycles. The van der Waals surface area contributed by atoms with Crippen LogP contribution in [0.5, 0.6) is 0 Å². The molecule has 0 bridgehead atoms. The summed E-state index contributed by atoms with van der Waals surface area (Å²) in [5.74, 6) is 0.476. The maximum atomic E-state index is 5.88. The minimum Gasteiger partial charge on any atom is -0.323 e. The second kappa shape index (κ2) is 4.12. The van der Waals surface area contributed by atoms with Crippen molar-refractivity contribution in [2.45, 2.75) is 26.8 Å². The van der Waals surface area contributed by atoms with Gasteiger partial charge in [-0.25, -0.2) is 0 Å². The summed E-state index contributed by atoms with van der Waals surface area (Å²) in [7, 11) is 0. The highest BCUT2D eigenvalue weighted by Gasteiger charge is 2.08. The summed E-state index contributed by atoms with van der Waals surface area (Å²) in [6.45, 7) is 6.28. The van der Waals surface area contributed by atoms with Crippen LogP contribution in [-0.2, 0) is 0 Å². The Morgan fingerprint density at radius 1 is 1.15 bits per heavy atom. The molecule has 1 atom stereocenters. The Balaban J connectivity index is 3.15. The molecule has 1 rings (SSSR count). The van der Waals surface area contributed by atoms with Crippen LogP contribution >= 0.6 is 11.6 Å². The summed E-state index contributed by atoms with van der Waals surface area (Å²) < 4.78 is 0. The smallest absolute Gasteiger partial charge is 0.0435 e. The molecule has 0 fully saturated rings. The van der Waals surface area contributed by atoms with Crippen molar-refractivity contribution < 1.29 is 0 Å². The zero-order valence-electron chi connectivity index (χ0n) is 8.39. The van der Waals surface area contributed by atoms with Gasteiger partial charge in [0.15, 0.2) is 0 Å². The molecule has 0 spiro atoms. The van der Waals surface area contributed by atoms with Gasteiger partial charge in [0.05, 0.1) is 0 Å². The van der Waals surface area contributed by atoms with Gasteiger partial charge in [-0.15, -0.1) is 11.6 Å². The van der Waals surface area contributed by atoms with Crippen molar-refractivity contribution in [1.82, 2.24) is 0 Å². The first-order valence-corrected chi connectivity index (χ1v) is 4.99. The first kappa shape index (κ1) is 10.6. The molecule has 0 heterocycles. The van der Waals surface area contributed by atoms with Crippen molar-refractivity contribution in [2.24, 2.45) is 5.73 Å². The topological polar surface area (TPSA) is 26.0 Å². The van der Waals surface area contributed by atoms with Crippen LogP contribution in [0.25, 0.3) is 0 Å². The van der Waals surface area contributed by atoms with Crippen LogP contribution in [0.1, 0.15) is 28.3 Å².